The van der Waals surface area contributed by atoms with Gasteiger partial charge in [0.1, 0.15) is 0 Å². The van der Waals surface area contributed by atoms with Gasteiger partial charge in [-0.05, 0) is 32.8 Å². The van der Waals surface area contributed by atoms with E-state index in [1.165, 1.54) is 5.56 Å². The fraction of sp³-hybridized carbons (Fsp3) is 0.636. The number of rotatable bonds is 4. The molecule has 0 aliphatic carbocycles. The van der Waals surface area contributed by atoms with Crippen LogP contribution in [0.5, 0.6) is 0 Å². The Kier molecular flexibility index (Phi) is 4.06. The van der Waals surface area contributed by atoms with Crippen LogP contribution in [0.3, 0.4) is 0 Å². The lowest BCUT2D eigenvalue weighted by Gasteiger charge is -2.13. The van der Waals surface area contributed by atoms with Gasteiger partial charge < -0.3 is 0 Å². The van der Waals surface area contributed by atoms with Crippen molar-refractivity contribution in [2.75, 3.05) is 0 Å². The van der Waals surface area contributed by atoms with Crippen LogP contribution in [0.1, 0.15) is 43.3 Å². The molecule has 1 rings (SSSR count). The van der Waals surface area contributed by atoms with Crippen LogP contribution < -0.4 is 11.3 Å². The molecule has 0 saturated heterocycles. The Balaban J connectivity index is 2.91. The molecule has 1 amide bonds. The van der Waals surface area contributed by atoms with Gasteiger partial charge in [0.15, 0.2) is 0 Å². The maximum absolute atomic E-state index is 11.2. The monoisotopic (exact) mass is 224 g/mol. The van der Waals surface area contributed by atoms with Crippen LogP contribution in [0.25, 0.3) is 0 Å². The zero-order valence-electron chi connectivity index (χ0n) is 10.4. The average Bonchev–Trinajstić information content (AvgIpc) is 2.53. The molecule has 0 bridgehead atoms. The largest absolute Gasteiger partial charge is 0.294 e. The molecule has 0 spiro atoms. The first-order valence-electron chi connectivity index (χ1n) is 5.55. The van der Waals surface area contributed by atoms with Gasteiger partial charge in [-0.3, -0.25) is 14.9 Å². The van der Waals surface area contributed by atoms with Gasteiger partial charge in [0.2, 0.25) is 5.91 Å². The Bertz CT molecular complexity index is 384. The van der Waals surface area contributed by atoms with Crippen LogP contribution >= 0.6 is 0 Å². The first-order chi connectivity index (χ1) is 7.51. The van der Waals surface area contributed by atoms with Crippen LogP contribution in [-0.4, -0.2) is 15.7 Å². The van der Waals surface area contributed by atoms with E-state index >= 15 is 0 Å². The van der Waals surface area contributed by atoms with Crippen molar-refractivity contribution in [1.82, 2.24) is 15.2 Å². The van der Waals surface area contributed by atoms with E-state index in [0.29, 0.717) is 6.42 Å². The van der Waals surface area contributed by atoms with Gasteiger partial charge in [-0.15, -0.1) is 0 Å². The van der Waals surface area contributed by atoms with E-state index in [2.05, 4.69) is 17.4 Å². The van der Waals surface area contributed by atoms with Crippen LogP contribution in [0.15, 0.2) is 0 Å². The molecule has 1 unspecified atom stereocenters. The smallest absolute Gasteiger partial charge is 0.236 e. The van der Waals surface area contributed by atoms with Crippen LogP contribution in [0.2, 0.25) is 0 Å². The van der Waals surface area contributed by atoms with Gasteiger partial charge in [-0.25, -0.2) is 5.84 Å². The highest BCUT2D eigenvalue weighted by Crippen LogP contribution is 2.19. The number of nitrogens with zero attached hydrogens (tertiary/aromatic N) is 2. The minimum Gasteiger partial charge on any atom is -0.294 e. The molecule has 1 atom stereocenters. The lowest BCUT2D eigenvalue weighted by molar-refractivity contribution is -0.121. The lowest BCUT2D eigenvalue weighted by Crippen LogP contribution is -2.31. The maximum atomic E-state index is 11.2. The second kappa shape index (κ2) is 5.12. The van der Waals surface area contributed by atoms with Gasteiger partial charge in [0.05, 0.1) is 18.2 Å². The van der Waals surface area contributed by atoms with Crippen molar-refractivity contribution >= 4 is 5.91 Å². The number of carbonyl (C=O) groups is 1. The molecular formula is C11H20N4O. The SMILES string of the molecule is CCc1c(C)nn(C(C)CC(=O)NN)c1C. The summed E-state index contributed by atoms with van der Waals surface area (Å²) in [6.07, 6.45) is 1.31. The molecule has 0 saturated carbocycles. The van der Waals surface area contributed by atoms with Crippen LogP contribution in [0.4, 0.5) is 0 Å². The molecule has 0 aliphatic rings. The van der Waals surface area contributed by atoms with Crippen molar-refractivity contribution in [2.45, 2.75) is 46.6 Å². The number of aryl methyl sites for hydroxylation is 1. The topological polar surface area (TPSA) is 72.9 Å². The fourth-order valence-corrected chi connectivity index (χ4v) is 2.05. The Labute approximate surface area is 96.0 Å². The Morgan fingerprint density at radius 3 is 2.62 bits per heavy atom. The molecule has 0 aromatic carbocycles. The van der Waals surface area contributed by atoms with Gasteiger partial charge in [-0.1, -0.05) is 6.92 Å². The first kappa shape index (κ1) is 12.7. The Morgan fingerprint density at radius 1 is 1.56 bits per heavy atom. The van der Waals surface area contributed by atoms with E-state index < -0.39 is 0 Å². The average molecular weight is 224 g/mol. The number of nitrogens with one attached hydrogen (secondary N) is 1. The molecule has 1 heterocycles. The molecule has 16 heavy (non-hydrogen) atoms. The third-order valence-corrected chi connectivity index (χ3v) is 2.89. The van der Waals surface area contributed by atoms with Gasteiger partial charge in [-0.2, -0.15) is 5.10 Å². The van der Waals surface area contributed by atoms with Crippen LogP contribution in [0, 0.1) is 13.8 Å². The predicted molar refractivity (Wildman–Crippen MR) is 62.7 cm³/mol. The Hall–Kier alpha value is -1.36. The van der Waals surface area contributed by atoms with Crippen molar-refractivity contribution in [3.8, 4) is 0 Å². The summed E-state index contributed by atoms with van der Waals surface area (Å²) < 4.78 is 1.91. The summed E-state index contributed by atoms with van der Waals surface area (Å²) in [7, 11) is 0. The number of nitrogens with two attached hydrogens (primary N) is 1. The van der Waals surface area contributed by atoms with Crippen molar-refractivity contribution in [2.24, 2.45) is 5.84 Å². The summed E-state index contributed by atoms with van der Waals surface area (Å²) in [6, 6.07) is 0.0301. The maximum Gasteiger partial charge on any atom is 0.236 e. The number of aromatic nitrogens is 2. The number of hydrogen-bond acceptors (Lipinski definition) is 3. The summed E-state index contributed by atoms with van der Waals surface area (Å²) in [4.78, 5) is 11.2. The lowest BCUT2D eigenvalue weighted by atomic mass is 10.1. The Morgan fingerprint density at radius 2 is 2.19 bits per heavy atom. The fourth-order valence-electron chi connectivity index (χ4n) is 2.05. The highest BCUT2D eigenvalue weighted by molar-refractivity contribution is 5.75. The second-order valence-electron chi connectivity index (χ2n) is 4.07. The standard InChI is InChI=1S/C11H20N4O/c1-5-10-8(3)14-15(9(10)4)7(2)6-11(16)13-12/h7H,5-6,12H2,1-4H3,(H,13,16). The van der Waals surface area contributed by atoms with E-state index in [1.807, 2.05) is 25.5 Å². The van der Waals surface area contributed by atoms with Crippen molar-refractivity contribution in [3.63, 3.8) is 0 Å². The van der Waals surface area contributed by atoms with Crippen molar-refractivity contribution in [1.29, 1.82) is 0 Å². The summed E-state index contributed by atoms with van der Waals surface area (Å²) >= 11 is 0. The number of hydrogen-bond donors (Lipinski definition) is 2. The van der Waals surface area contributed by atoms with E-state index in [1.54, 1.807) is 0 Å². The minimum atomic E-state index is -0.168. The number of amides is 1. The van der Waals surface area contributed by atoms with Gasteiger partial charge in [0, 0.05) is 5.69 Å². The van der Waals surface area contributed by atoms with E-state index in [0.717, 1.165) is 17.8 Å². The normalized spacial score (nSPS) is 12.6. The molecule has 3 N–H and O–H groups in total. The summed E-state index contributed by atoms with van der Waals surface area (Å²) in [6.45, 7) is 8.11. The van der Waals surface area contributed by atoms with E-state index in [-0.39, 0.29) is 11.9 Å². The minimum absolute atomic E-state index is 0.0301. The molecule has 1 aromatic heterocycles. The first-order valence-corrected chi connectivity index (χ1v) is 5.55. The summed E-state index contributed by atoms with van der Waals surface area (Å²) in [5, 5.41) is 4.46. The van der Waals surface area contributed by atoms with Gasteiger partial charge >= 0.3 is 0 Å². The van der Waals surface area contributed by atoms with Gasteiger partial charge in [0.25, 0.3) is 0 Å². The predicted octanol–water partition coefficient (Wildman–Crippen LogP) is 1.00. The zero-order chi connectivity index (χ0) is 12.3. The highest BCUT2D eigenvalue weighted by atomic mass is 16.2. The van der Waals surface area contributed by atoms with E-state index in [4.69, 9.17) is 5.84 Å². The molecule has 5 nitrogen and oxygen atoms in total. The van der Waals surface area contributed by atoms with Crippen molar-refractivity contribution < 1.29 is 4.79 Å². The molecule has 90 valence electrons. The summed E-state index contributed by atoms with van der Waals surface area (Å²) in [5.41, 5.74) is 5.58. The zero-order valence-corrected chi connectivity index (χ0v) is 10.4. The second-order valence-corrected chi connectivity index (χ2v) is 4.07. The molecule has 0 aliphatic heterocycles. The van der Waals surface area contributed by atoms with Crippen LogP contribution in [-0.2, 0) is 11.2 Å². The highest BCUT2D eigenvalue weighted by Gasteiger charge is 2.16. The number of carbonyl (C=O) groups excluding carboxylic acids is 1. The molecule has 1 aromatic rings. The van der Waals surface area contributed by atoms with Crippen molar-refractivity contribution in [3.05, 3.63) is 17.0 Å². The third kappa shape index (κ3) is 2.41. The molecule has 0 radical (unpaired) electrons. The molecular weight excluding hydrogens is 204 g/mol. The van der Waals surface area contributed by atoms with E-state index in [9.17, 15) is 4.79 Å². The molecule has 5 heteroatoms. The third-order valence-electron chi connectivity index (χ3n) is 2.89. The summed E-state index contributed by atoms with van der Waals surface area (Å²) in [5.74, 6) is 4.90. The quantitative estimate of drug-likeness (QED) is 0.455. The number of hydrazine groups is 1. The molecule has 0 fully saturated rings.